The predicted molar refractivity (Wildman–Crippen MR) is 75.8 cm³/mol. The maximum Gasteiger partial charge on any atom is 0.160 e. The summed E-state index contributed by atoms with van der Waals surface area (Å²) in [6, 6.07) is 0. The molecule has 0 amide bonds. The second-order valence-corrected chi connectivity index (χ2v) is 6.29. The Morgan fingerprint density at radius 2 is 1.63 bits per heavy atom. The van der Waals surface area contributed by atoms with E-state index in [-0.39, 0.29) is 12.2 Å². The molecule has 2 unspecified atom stereocenters. The van der Waals surface area contributed by atoms with Crippen molar-refractivity contribution in [2.75, 3.05) is 0 Å². The van der Waals surface area contributed by atoms with Gasteiger partial charge in [0.1, 0.15) is 16.4 Å². The van der Waals surface area contributed by atoms with Crippen LogP contribution >= 0.6 is 23.2 Å². The van der Waals surface area contributed by atoms with Crippen molar-refractivity contribution in [1.29, 1.82) is 0 Å². The molecule has 0 aromatic carbocycles. The van der Waals surface area contributed by atoms with Crippen LogP contribution in [0.2, 0.25) is 10.3 Å². The van der Waals surface area contributed by atoms with E-state index >= 15 is 0 Å². The highest BCUT2D eigenvalue weighted by molar-refractivity contribution is 6.34. The number of rotatable bonds is 2. The third kappa shape index (κ3) is 2.74. The van der Waals surface area contributed by atoms with Gasteiger partial charge in [0, 0.05) is 5.56 Å². The largest absolute Gasteiger partial charge is 0.367 e. The van der Waals surface area contributed by atoms with E-state index in [4.69, 9.17) is 27.9 Å². The number of ether oxygens (including phenoxy) is 1. The lowest BCUT2D eigenvalue weighted by atomic mass is 10.0. The molecule has 1 saturated carbocycles. The molecule has 104 valence electrons. The highest BCUT2D eigenvalue weighted by Crippen LogP contribution is 2.41. The fourth-order valence-electron chi connectivity index (χ4n) is 3.12. The number of halogens is 2. The zero-order valence-electron chi connectivity index (χ0n) is 11.0. The summed E-state index contributed by atoms with van der Waals surface area (Å²) in [4.78, 5) is 8.88. The van der Waals surface area contributed by atoms with E-state index in [0.717, 1.165) is 31.2 Å². The standard InChI is InChI=1S/C14H18Cl2N2O/c1-8-6-7-10(19-8)14-17-12(15)11(13(16)18-14)9-4-2-3-5-9/h8-10H,2-7H2,1H3. The van der Waals surface area contributed by atoms with Crippen LogP contribution in [0.4, 0.5) is 0 Å². The van der Waals surface area contributed by atoms with Gasteiger partial charge >= 0.3 is 0 Å². The van der Waals surface area contributed by atoms with Gasteiger partial charge in [-0.1, -0.05) is 36.0 Å². The van der Waals surface area contributed by atoms with Crippen LogP contribution in [-0.4, -0.2) is 16.1 Å². The van der Waals surface area contributed by atoms with Gasteiger partial charge in [-0.15, -0.1) is 0 Å². The first-order chi connectivity index (χ1) is 9.15. The third-order valence-corrected chi connectivity index (χ3v) is 4.73. The molecular weight excluding hydrogens is 283 g/mol. The SMILES string of the molecule is CC1CCC(c2nc(Cl)c(C3CCCC3)c(Cl)n2)O1. The van der Waals surface area contributed by atoms with E-state index in [1.165, 1.54) is 12.8 Å². The van der Waals surface area contributed by atoms with E-state index < -0.39 is 0 Å². The van der Waals surface area contributed by atoms with Crippen molar-refractivity contribution in [1.82, 2.24) is 9.97 Å². The molecule has 0 N–H and O–H groups in total. The Kier molecular flexibility index (Phi) is 3.97. The van der Waals surface area contributed by atoms with Crippen LogP contribution in [0.15, 0.2) is 0 Å². The average molecular weight is 301 g/mol. The average Bonchev–Trinajstić information content (AvgIpc) is 2.99. The van der Waals surface area contributed by atoms with Crippen molar-refractivity contribution in [2.45, 2.75) is 63.6 Å². The molecule has 0 radical (unpaired) electrons. The normalized spacial score (nSPS) is 28.2. The fourth-order valence-corrected chi connectivity index (χ4v) is 3.83. The summed E-state index contributed by atoms with van der Waals surface area (Å²) in [5, 5.41) is 1.04. The Labute approximate surface area is 123 Å². The van der Waals surface area contributed by atoms with Crippen LogP contribution in [0.5, 0.6) is 0 Å². The molecule has 0 bridgehead atoms. The van der Waals surface area contributed by atoms with Gasteiger partial charge in [0.05, 0.1) is 6.10 Å². The van der Waals surface area contributed by atoms with Crippen LogP contribution in [0.3, 0.4) is 0 Å². The van der Waals surface area contributed by atoms with Crippen molar-refractivity contribution in [3.8, 4) is 0 Å². The van der Waals surface area contributed by atoms with E-state index in [2.05, 4.69) is 16.9 Å². The first-order valence-corrected chi connectivity index (χ1v) is 7.79. The molecular formula is C14H18Cl2N2O. The first-order valence-electron chi connectivity index (χ1n) is 7.03. The Morgan fingerprint density at radius 1 is 1.00 bits per heavy atom. The van der Waals surface area contributed by atoms with Gasteiger partial charge in [-0.05, 0) is 38.5 Å². The minimum atomic E-state index is -0.0531. The number of nitrogens with zero attached hydrogens (tertiary/aromatic N) is 2. The smallest absolute Gasteiger partial charge is 0.160 e. The summed E-state index contributed by atoms with van der Waals surface area (Å²) >= 11 is 12.7. The first kappa shape index (κ1) is 13.6. The highest BCUT2D eigenvalue weighted by atomic mass is 35.5. The minimum absolute atomic E-state index is 0.0531. The minimum Gasteiger partial charge on any atom is -0.367 e. The predicted octanol–water partition coefficient (Wildman–Crippen LogP) is 4.68. The second kappa shape index (κ2) is 5.55. The maximum atomic E-state index is 6.34. The zero-order valence-corrected chi connectivity index (χ0v) is 12.5. The van der Waals surface area contributed by atoms with Gasteiger partial charge in [0.15, 0.2) is 5.82 Å². The van der Waals surface area contributed by atoms with Gasteiger partial charge in [0.2, 0.25) is 0 Å². The summed E-state index contributed by atoms with van der Waals surface area (Å²) < 4.78 is 5.78. The molecule has 2 fully saturated rings. The molecule has 19 heavy (non-hydrogen) atoms. The quantitative estimate of drug-likeness (QED) is 0.744. The lowest BCUT2D eigenvalue weighted by Crippen LogP contribution is -2.09. The van der Waals surface area contributed by atoms with Crippen LogP contribution in [0, 0.1) is 0 Å². The van der Waals surface area contributed by atoms with E-state index in [1.54, 1.807) is 0 Å². The van der Waals surface area contributed by atoms with Crippen molar-refractivity contribution in [2.24, 2.45) is 0 Å². The molecule has 0 spiro atoms. The topological polar surface area (TPSA) is 35.0 Å². The third-order valence-electron chi connectivity index (χ3n) is 4.15. The van der Waals surface area contributed by atoms with Crippen LogP contribution in [-0.2, 0) is 4.74 Å². The summed E-state index contributed by atoms with van der Waals surface area (Å²) in [5.74, 6) is 1.07. The van der Waals surface area contributed by atoms with Gasteiger partial charge < -0.3 is 4.74 Å². The second-order valence-electron chi connectivity index (χ2n) is 5.57. The molecule has 3 nitrogen and oxygen atoms in total. The Morgan fingerprint density at radius 3 is 2.16 bits per heavy atom. The van der Waals surface area contributed by atoms with Crippen molar-refractivity contribution >= 4 is 23.2 Å². The molecule has 1 aliphatic carbocycles. The van der Waals surface area contributed by atoms with Crippen molar-refractivity contribution in [3.63, 3.8) is 0 Å². The molecule has 2 aliphatic rings. The molecule has 1 aromatic rings. The lowest BCUT2D eigenvalue weighted by molar-refractivity contribution is 0.0502. The molecule has 2 heterocycles. The molecule has 3 rings (SSSR count). The summed E-state index contributed by atoms with van der Waals surface area (Å²) in [5.41, 5.74) is 0.940. The molecule has 1 aromatic heterocycles. The monoisotopic (exact) mass is 300 g/mol. The van der Waals surface area contributed by atoms with Gasteiger partial charge in [0.25, 0.3) is 0 Å². The molecule has 5 heteroatoms. The van der Waals surface area contributed by atoms with Crippen LogP contribution in [0.25, 0.3) is 0 Å². The Bertz CT molecular complexity index is 452. The molecule has 1 aliphatic heterocycles. The highest BCUT2D eigenvalue weighted by Gasteiger charge is 2.29. The van der Waals surface area contributed by atoms with Gasteiger partial charge in [-0.3, -0.25) is 0 Å². The number of hydrogen-bond acceptors (Lipinski definition) is 3. The molecule has 1 saturated heterocycles. The number of hydrogen-bond donors (Lipinski definition) is 0. The number of aromatic nitrogens is 2. The van der Waals surface area contributed by atoms with Crippen LogP contribution in [0.1, 0.15) is 68.9 Å². The van der Waals surface area contributed by atoms with Crippen molar-refractivity contribution in [3.05, 3.63) is 21.7 Å². The van der Waals surface area contributed by atoms with E-state index in [9.17, 15) is 0 Å². The Hall–Kier alpha value is -0.380. The van der Waals surface area contributed by atoms with Gasteiger partial charge in [-0.25, -0.2) is 9.97 Å². The van der Waals surface area contributed by atoms with Crippen LogP contribution < -0.4 is 0 Å². The molecule has 2 atom stereocenters. The lowest BCUT2D eigenvalue weighted by Gasteiger charge is -2.16. The summed E-state index contributed by atoms with van der Waals surface area (Å²) in [7, 11) is 0. The fraction of sp³-hybridized carbons (Fsp3) is 0.714. The Balaban J connectivity index is 1.89. The van der Waals surface area contributed by atoms with E-state index in [0.29, 0.717) is 22.0 Å². The summed E-state index contributed by atoms with van der Waals surface area (Å²) in [6.07, 6.45) is 6.94. The summed E-state index contributed by atoms with van der Waals surface area (Å²) in [6.45, 7) is 2.07. The maximum absolute atomic E-state index is 6.34. The van der Waals surface area contributed by atoms with Gasteiger partial charge in [-0.2, -0.15) is 0 Å². The van der Waals surface area contributed by atoms with E-state index in [1.807, 2.05) is 0 Å². The van der Waals surface area contributed by atoms with Crippen molar-refractivity contribution < 1.29 is 4.74 Å². The zero-order chi connectivity index (χ0) is 13.4.